The summed E-state index contributed by atoms with van der Waals surface area (Å²) in [4.78, 5) is -0.739. The van der Waals surface area contributed by atoms with Crippen molar-refractivity contribution in [3.8, 4) is 0 Å². The van der Waals surface area contributed by atoms with Crippen molar-refractivity contribution in [1.29, 1.82) is 0 Å². The van der Waals surface area contributed by atoms with E-state index in [-0.39, 0.29) is 16.0 Å². The number of nitrogens with two attached hydrogens (primary N) is 1. The van der Waals surface area contributed by atoms with Crippen molar-refractivity contribution >= 4 is 53.1 Å². The first-order valence-corrected chi connectivity index (χ1v) is 9.77. The van der Waals surface area contributed by atoms with E-state index in [0.29, 0.717) is 0 Å². The van der Waals surface area contributed by atoms with Crippen LogP contribution in [0.4, 0.5) is 10.1 Å². The highest BCUT2D eigenvalue weighted by atomic mass is 79.9. The van der Waals surface area contributed by atoms with Gasteiger partial charge in [-0.2, -0.15) is 0 Å². The van der Waals surface area contributed by atoms with Gasteiger partial charge in [0.05, 0.1) is 20.9 Å². The van der Waals surface area contributed by atoms with Crippen molar-refractivity contribution in [2.45, 2.75) is 4.90 Å². The van der Waals surface area contributed by atoms with E-state index in [4.69, 9.17) is 17.3 Å². The van der Waals surface area contributed by atoms with E-state index in [1.807, 2.05) is 4.72 Å². The maximum Gasteiger partial charge on any atom is 0.243 e. The van der Waals surface area contributed by atoms with E-state index in [2.05, 4.69) is 15.9 Å². The Hall–Kier alpha value is -0.420. The quantitative estimate of drug-likeness (QED) is 0.560. The van der Waals surface area contributed by atoms with Gasteiger partial charge in [0.25, 0.3) is 0 Å². The van der Waals surface area contributed by atoms with Gasteiger partial charge < -0.3 is 5.73 Å². The Morgan fingerprint density at radius 1 is 1.40 bits per heavy atom. The molecule has 1 aromatic rings. The molecule has 0 saturated heterocycles. The van der Waals surface area contributed by atoms with Crippen LogP contribution >= 0.6 is 27.5 Å². The van der Waals surface area contributed by atoms with Gasteiger partial charge in [-0.1, -0.05) is 11.6 Å². The van der Waals surface area contributed by atoms with Gasteiger partial charge in [0.1, 0.15) is 14.7 Å². The summed E-state index contributed by atoms with van der Waals surface area (Å²) in [6.45, 7) is -0.381. The van der Waals surface area contributed by atoms with Crippen molar-refractivity contribution in [2.24, 2.45) is 0 Å². The average Bonchev–Trinajstić information content (AvgIpc) is 2.29. The lowest BCUT2D eigenvalue weighted by Crippen LogP contribution is -2.29. The first-order chi connectivity index (χ1) is 8.96. The van der Waals surface area contributed by atoms with Gasteiger partial charge in [-0.3, -0.25) is 0 Å². The van der Waals surface area contributed by atoms with Crippen LogP contribution in [0.5, 0.6) is 0 Å². The Bertz CT molecular complexity index is 737. The number of hydrogen-bond donors (Lipinski definition) is 2. The predicted octanol–water partition coefficient (Wildman–Crippen LogP) is 1.15. The number of nitrogen functional groups attached to an aromatic ring is 1. The molecule has 0 aliphatic heterocycles. The monoisotopic (exact) mass is 408 g/mol. The largest absolute Gasteiger partial charge is 0.395 e. The van der Waals surface area contributed by atoms with Crippen LogP contribution in [0.1, 0.15) is 0 Å². The molecule has 1 rings (SSSR count). The number of halogens is 3. The normalized spacial score (nSPS) is 12.6. The fourth-order valence-corrected chi connectivity index (χ4v) is 3.55. The van der Waals surface area contributed by atoms with Crippen LogP contribution in [0, 0.1) is 5.82 Å². The van der Waals surface area contributed by atoms with Crippen molar-refractivity contribution in [2.75, 3.05) is 24.3 Å². The minimum absolute atomic E-state index is 0.0479. The molecule has 6 nitrogen and oxygen atoms in total. The summed E-state index contributed by atoms with van der Waals surface area (Å²) in [6, 6.07) is 0.889. The van der Waals surface area contributed by atoms with Crippen molar-refractivity contribution in [3.63, 3.8) is 0 Å². The highest BCUT2D eigenvalue weighted by molar-refractivity contribution is 9.10. The number of nitrogens with one attached hydrogen (secondary N) is 1. The van der Waals surface area contributed by atoms with Crippen LogP contribution in [0.15, 0.2) is 15.4 Å². The molecule has 20 heavy (non-hydrogen) atoms. The van der Waals surface area contributed by atoms with Crippen LogP contribution in [-0.4, -0.2) is 35.4 Å². The summed E-state index contributed by atoms with van der Waals surface area (Å²) in [5, 5.41) is -0.0765. The summed E-state index contributed by atoms with van der Waals surface area (Å²) in [6.07, 6.45) is 0.955. The summed E-state index contributed by atoms with van der Waals surface area (Å²) in [5.74, 6) is -1.57. The Morgan fingerprint density at radius 2 is 1.95 bits per heavy atom. The maximum absolute atomic E-state index is 13.8. The minimum atomic E-state index is -4.25. The van der Waals surface area contributed by atoms with Crippen LogP contribution in [0.3, 0.4) is 0 Å². The molecule has 1 aromatic carbocycles. The highest BCUT2D eigenvalue weighted by Gasteiger charge is 2.24. The van der Waals surface area contributed by atoms with E-state index < -0.39 is 42.0 Å². The maximum atomic E-state index is 13.8. The summed E-state index contributed by atoms with van der Waals surface area (Å²) in [5.41, 5.74) is 4.94. The summed E-state index contributed by atoms with van der Waals surface area (Å²) in [7, 11) is -7.59. The molecule has 0 heterocycles. The molecule has 114 valence electrons. The van der Waals surface area contributed by atoms with Crippen molar-refractivity contribution < 1.29 is 21.2 Å². The second-order valence-corrected chi connectivity index (χ2v) is 9.12. The van der Waals surface area contributed by atoms with E-state index in [9.17, 15) is 21.2 Å². The molecule has 0 aromatic heterocycles. The molecule has 11 heteroatoms. The molecule has 0 radical (unpaired) electrons. The molecule has 0 aliphatic rings. The minimum Gasteiger partial charge on any atom is -0.395 e. The number of anilines is 1. The number of benzene rings is 1. The van der Waals surface area contributed by atoms with Gasteiger partial charge in [-0.15, -0.1) is 0 Å². The van der Waals surface area contributed by atoms with Gasteiger partial charge in [0.2, 0.25) is 10.0 Å². The third-order valence-electron chi connectivity index (χ3n) is 2.21. The van der Waals surface area contributed by atoms with Crippen molar-refractivity contribution in [3.05, 3.63) is 21.4 Å². The second kappa shape index (κ2) is 6.14. The van der Waals surface area contributed by atoms with E-state index >= 15 is 0 Å². The molecule has 0 saturated carbocycles. The molecule has 0 aliphatic carbocycles. The van der Waals surface area contributed by atoms with Crippen LogP contribution in [0.25, 0.3) is 0 Å². The Kier molecular flexibility index (Phi) is 5.41. The molecular formula is C9H11BrClFN2O4S2. The van der Waals surface area contributed by atoms with Crippen LogP contribution < -0.4 is 10.5 Å². The molecule has 0 atom stereocenters. The first kappa shape index (κ1) is 17.6. The zero-order valence-corrected chi connectivity index (χ0v) is 14.1. The SMILES string of the molecule is CS(=O)(=O)CCNS(=O)(=O)c1cc(Cl)c(Br)c(N)c1F. The van der Waals surface area contributed by atoms with E-state index in [1.165, 1.54) is 0 Å². The lowest BCUT2D eigenvalue weighted by molar-refractivity contribution is 0.560. The zero-order chi connectivity index (χ0) is 15.7. The van der Waals surface area contributed by atoms with Crippen LogP contribution in [0.2, 0.25) is 5.02 Å². The highest BCUT2D eigenvalue weighted by Crippen LogP contribution is 2.34. The molecule has 3 N–H and O–H groups in total. The van der Waals surface area contributed by atoms with Gasteiger partial charge >= 0.3 is 0 Å². The second-order valence-electron chi connectivity index (χ2n) is 3.93. The zero-order valence-electron chi connectivity index (χ0n) is 10.2. The number of hydrogen-bond acceptors (Lipinski definition) is 5. The molecular weight excluding hydrogens is 399 g/mol. The third kappa shape index (κ3) is 4.29. The fourth-order valence-electron chi connectivity index (χ4n) is 1.23. The number of sulfone groups is 1. The molecule has 0 unspecified atom stereocenters. The van der Waals surface area contributed by atoms with Gasteiger partial charge in [-0.25, -0.2) is 25.9 Å². The van der Waals surface area contributed by atoms with E-state index in [0.717, 1.165) is 12.3 Å². The Balaban J connectivity index is 3.11. The first-order valence-electron chi connectivity index (χ1n) is 5.06. The standard InChI is InChI=1S/C9H11BrClFN2O4S2/c1-19(15,16)3-2-14-20(17,18)6-4-5(11)7(10)9(13)8(6)12/h4,14H,2-3,13H2,1H3. The molecule has 0 amide bonds. The molecule has 0 fully saturated rings. The van der Waals surface area contributed by atoms with Gasteiger partial charge in [0, 0.05) is 12.8 Å². The third-order valence-corrected chi connectivity index (χ3v) is 6.00. The van der Waals surface area contributed by atoms with Gasteiger partial charge in [-0.05, 0) is 22.0 Å². The summed E-state index contributed by atoms with van der Waals surface area (Å²) >= 11 is 8.64. The summed E-state index contributed by atoms with van der Waals surface area (Å²) < 4.78 is 61.5. The molecule has 0 spiro atoms. The van der Waals surface area contributed by atoms with E-state index in [1.54, 1.807) is 0 Å². The average molecular weight is 410 g/mol. The fraction of sp³-hybridized carbons (Fsp3) is 0.333. The lowest BCUT2D eigenvalue weighted by Gasteiger charge is -2.10. The van der Waals surface area contributed by atoms with Crippen molar-refractivity contribution in [1.82, 2.24) is 4.72 Å². The smallest absolute Gasteiger partial charge is 0.243 e. The van der Waals surface area contributed by atoms with Gasteiger partial charge in [0.15, 0.2) is 5.82 Å². The Labute approximate surface area is 129 Å². The van der Waals surface area contributed by atoms with Crippen LogP contribution in [-0.2, 0) is 19.9 Å². The lowest BCUT2D eigenvalue weighted by atomic mass is 10.3. The molecule has 0 bridgehead atoms. The predicted molar refractivity (Wildman–Crippen MR) is 78.4 cm³/mol. The number of sulfonamides is 1. The number of rotatable bonds is 5. The Morgan fingerprint density at radius 3 is 2.45 bits per heavy atom. The topological polar surface area (TPSA) is 106 Å².